The van der Waals surface area contributed by atoms with E-state index in [0.29, 0.717) is 17.5 Å². The van der Waals surface area contributed by atoms with E-state index < -0.39 is 40.9 Å². The van der Waals surface area contributed by atoms with Crippen LogP contribution in [0, 0.1) is 29.3 Å². The molecule has 0 aromatic heterocycles. The van der Waals surface area contributed by atoms with Gasteiger partial charge < -0.3 is 15.4 Å². The van der Waals surface area contributed by atoms with Gasteiger partial charge in [-0.3, -0.25) is 9.59 Å². The van der Waals surface area contributed by atoms with Crippen LogP contribution < -0.4 is 15.4 Å². The highest BCUT2D eigenvalue weighted by Crippen LogP contribution is 2.40. The van der Waals surface area contributed by atoms with Crippen molar-refractivity contribution in [1.29, 1.82) is 0 Å². The van der Waals surface area contributed by atoms with E-state index >= 15 is 0 Å². The van der Waals surface area contributed by atoms with Gasteiger partial charge in [0.25, 0.3) is 0 Å². The predicted molar refractivity (Wildman–Crippen MR) is 88.2 cm³/mol. The monoisotopic (exact) mass is 364 g/mol. The van der Waals surface area contributed by atoms with Crippen molar-refractivity contribution < 1.29 is 27.5 Å². The highest BCUT2D eigenvalue weighted by molar-refractivity contribution is 6.03. The van der Waals surface area contributed by atoms with Crippen LogP contribution in [0.1, 0.15) is 6.42 Å². The van der Waals surface area contributed by atoms with Gasteiger partial charge in [0.05, 0.1) is 24.6 Å². The third-order valence-corrected chi connectivity index (χ3v) is 4.09. The minimum atomic E-state index is -1.66. The fourth-order valence-electron chi connectivity index (χ4n) is 2.56. The Labute approximate surface area is 147 Å². The quantitative estimate of drug-likeness (QED) is 0.800. The topological polar surface area (TPSA) is 67.4 Å². The molecule has 5 nitrogen and oxygen atoms in total. The maximum Gasteiger partial charge on any atom is 0.228 e. The first-order valence-corrected chi connectivity index (χ1v) is 7.80. The van der Waals surface area contributed by atoms with Crippen molar-refractivity contribution in [1.82, 2.24) is 0 Å². The van der Waals surface area contributed by atoms with Gasteiger partial charge in [-0.05, 0) is 30.7 Å². The van der Waals surface area contributed by atoms with Gasteiger partial charge in [0, 0.05) is 11.8 Å². The molecule has 2 amide bonds. The number of hydrogen-bond donors (Lipinski definition) is 2. The van der Waals surface area contributed by atoms with Gasteiger partial charge in [0.15, 0.2) is 17.5 Å². The first-order valence-electron chi connectivity index (χ1n) is 7.80. The van der Waals surface area contributed by atoms with Crippen molar-refractivity contribution in [3.05, 3.63) is 53.8 Å². The van der Waals surface area contributed by atoms with Crippen LogP contribution in [0.25, 0.3) is 0 Å². The second kappa shape index (κ2) is 7.07. The van der Waals surface area contributed by atoms with E-state index in [1.807, 2.05) is 0 Å². The van der Waals surface area contributed by atoms with Crippen LogP contribution in [-0.2, 0) is 9.59 Å². The van der Waals surface area contributed by atoms with E-state index in [4.69, 9.17) is 4.74 Å². The molecule has 8 heteroatoms. The SMILES string of the molecule is COc1cccc(NC(=O)C2CC2C(=O)Nc2ccc(F)c(F)c2F)c1. The molecule has 26 heavy (non-hydrogen) atoms. The Morgan fingerprint density at radius 1 is 1.00 bits per heavy atom. The number of halogens is 3. The van der Waals surface area contributed by atoms with E-state index in [2.05, 4.69) is 10.6 Å². The maximum atomic E-state index is 13.6. The largest absolute Gasteiger partial charge is 0.497 e. The van der Waals surface area contributed by atoms with Crippen molar-refractivity contribution in [2.45, 2.75) is 6.42 Å². The molecule has 1 aliphatic rings. The van der Waals surface area contributed by atoms with E-state index in [0.717, 1.165) is 6.07 Å². The molecule has 2 aromatic carbocycles. The van der Waals surface area contributed by atoms with Gasteiger partial charge in [-0.2, -0.15) is 0 Å². The Morgan fingerprint density at radius 3 is 2.38 bits per heavy atom. The van der Waals surface area contributed by atoms with Crippen LogP contribution in [0.2, 0.25) is 0 Å². The summed E-state index contributed by atoms with van der Waals surface area (Å²) in [5.74, 6) is -6.13. The Balaban J connectivity index is 1.60. The maximum absolute atomic E-state index is 13.6. The molecule has 0 bridgehead atoms. The molecular weight excluding hydrogens is 349 g/mol. The molecule has 2 N–H and O–H groups in total. The molecule has 0 heterocycles. The number of rotatable bonds is 5. The van der Waals surface area contributed by atoms with Crippen LogP contribution in [0.15, 0.2) is 36.4 Å². The summed E-state index contributed by atoms with van der Waals surface area (Å²) in [6, 6.07) is 8.38. The first-order chi connectivity index (χ1) is 12.4. The number of ether oxygens (including phenoxy) is 1. The number of benzene rings is 2. The lowest BCUT2D eigenvalue weighted by molar-refractivity contribution is -0.122. The van der Waals surface area contributed by atoms with E-state index in [9.17, 15) is 22.8 Å². The summed E-state index contributed by atoms with van der Waals surface area (Å²) in [7, 11) is 1.50. The zero-order valence-electron chi connectivity index (χ0n) is 13.7. The number of methoxy groups -OCH3 is 1. The Bertz CT molecular complexity index is 873. The number of carbonyl (C=O) groups is 2. The van der Waals surface area contributed by atoms with Crippen LogP contribution >= 0.6 is 0 Å². The molecule has 2 atom stereocenters. The number of carbonyl (C=O) groups excluding carboxylic acids is 2. The fourth-order valence-corrected chi connectivity index (χ4v) is 2.56. The molecule has 0 saturated heterocycles. The lowest BCUT2D eigenvalue weighted by atomic mass is 10.2. The molecule has 3 rings (SSSR count). The summed E-state index contributed by atoms with van der Waals surface area (Å²) in [5, 5.41) is 4.86. The van der Waals surface area contributed by atoms with Crippen molar-refractivity contribution in [3.8, 4) is 5.75 Å². The van der Waals surface area contributed by atoms with Crippen molar-refractivity contribution in [2.75, 3.05) is 17.7 Å². The molecule has 0 aliphatic heterocycles. The molecule has 2 unspecified atom stereocenters. The highest BCUT2D eigenvalue weighted by Gasteiger charge is 2.48. The van der Waals surface area contributed by atoms with Gasteiger partial charge in [-0.1, -0.05) is 6.07 Å². The Morgan fingerprint density at radius 2 is 1.69 bits per heavy atom. The van der Waals surface area contributed by atoms with Gasteiger partial charge in [0.1, 0.15) is 5.75 Å². The average Bonchev–Trinajstić information content (AvgIpc) is 3.43. The Kier molecular flexibility index (Phi) is 4.83. The molecule has 136 valence electrons. The number of amides is 2. The average molecular weight is 364 g/mol. The van der Waals surface area contributed by atoms with Crippen LogP contribution in [-0.4, -0.2) is 18.9 Å². The second-order valence-electron chi connectivity index (χ2n) is 5.88. The molecule has 0 spiro atoms. The lowest BCUT2D eigenvalue weighted by Gasteiger charge is -2.08. The predicted octanol–water partition coefficient (Wildman–Crippen LogP) is 3.33. The molecule has 2 aromatic rings. The molecule has 1 saturated carbocycles. The minimum Gasteiger partial charge on any atom is -0.497 e. The van der Waals surface area contributed by atoms with Crippen molar-refractivity contribution in [2.24, 2.45) is 11.8 Å². The summed E-state index contributed by atoms with van der Waals surface area (Å²) in [4.78, 5) is 24.3. The van der Waals surface area contributed by atoms with Crippen molar-refractivity contribution >= 4 is 23.2 Å². The van der Waals surface area contributed by atoms with Crippen LogP contribution in [0.5, 0.6) is 5.75 Å². The minimum absolute atomic E-state index is 0.285. The first kappa shape index (κ1) is 17.8. The van der Waals surface area contributed by atoms with Crippen molar-refractivity contribution in [3.63, 3.8) is 0 Å². The fraction of sp³-hybridized carbons (Fsp3) is 0.222. The summed E-state index contributed by atoms with van der Waals surface area (Å²) in [5.41, 5.74) is 0.0554. The third-order valence-electron chi connectivity index (χ3n) is 4.09. The van der Waals surface area contributed by atoms with Gasteiger partial charge in [-0.25, -0.2) is 13.2 Å². The van der Waals surface area contributed by atoms with E-state index in [1.165, 1.54) is 7.11 Å². The smallest absolute Gasteiger partial charge is 0.228 e. The third kappa shape index (κ3) is 3.63. The van der Waals surface area contributed by atoms with Crippen LogP contribution in [0.3, 0.4) is 0 Å². The normalized spacial score (nSPS) is 18.2. The van der Waals surface area contributed by atoms with Gasteiger partial charge in [0.2, 0.25) is 11.8 Å². The highest BCUT2D eigenvalue weighted by atomic mass is 19.2. The Hall–Kier alpha value is -3.03. The molecule has 1 aliphatic carbocycles. The van der Waals surface area contributed by atoms with E-state index in [-0.39, 0.29) is 12.3 Å². The van der Waals surface area contributed by atoms with Gasteiger partial charge in [-0.15, -0.1) is 0 Å². The zero-order chi connectivity index (χ0) is 18.8. The molecular formula is C18H15F3N2O3. The summed E-state index contributed by atoms with van der Waals surface area (Å²) < 4.78 is 44.8. The van der Waals surface area contributed by atoms with E-state index in [1.54, 1.807) is 24.3 Å². The second-order valence-corrected chi connectivity index (χ2v) is 5.88. The van der Waals surface area contributed by atoms with Crippen LogP contribution in [0.4, 0.5) is 24.5 Å². The standard InChI is InChI=1S/C18H15F3N2O3/c1-26-10-4-2-3-9(7-10)22-17(24)11-8-12(11)18(25)23-14-6-5-13(19)15(20)16(14)21/h2-7,11-12H,8H2,1H3,(H,22,24)(H,23,25). The number of hydrogen-bond acceptors (Lipinski definition) is 3. The molecule has 1 fully saturated rings. The summed E-state index contributed by atoms with van der Waals surface area (Å²) in [6.07, 6.45) is 0.285. The number of anilines is 2. The zero-order valence-corrected chi connectivity index (χ0v) is 13.7. The number of nitrogens with one attached hydrogen (secondary N) is 2. The lowest BCUT2D eigenvalue weighted by Crippen LogP contribution is -2.21. The van der Waals surface area contributed by atoms with Gasteiger partial charge >= 0.3 is 0 Å². The summed E-state index contributed by atoms with van der Waals surface area (Å²) in [6.45, 7) is 0. The molecule has 0 radical (unpaired) electrons. The summed E-state index contributed by atoms with van der Waals surface area (Å²) >= 11 is 0.